The Morgan fingerprint density at radius 3 is 2.94 bits per heavy atom. The zero-order valence-electron chi connectivity index (χ0n) is 10.1. The maximum absolute atomic E-state index is 11.9. The predicted molar refractivity (Wildman–Crippen MR) is 69.9 cm³/mol. The molecule has 2 aliphatic rings. The first-order valence-corrected chi connectivity index (χ1v) is 7.24. The van der Waals surface area contributed by atoms with E-state index in [-0.39, 0.29) is 12.1 Å². The molecule has 1 aromatic rings. The third-order valence-corrected chi connectivity index (χ3v) is 4.77. The lowest BCUT2D eigenvalue weighted by atomic mass is 9.85. The molecule has 2 heterocycles. The Morgan fingerprint density at radius 2 is 2.33 bits per heavy atom. The number of amides is 2. The molecule has 1 aliphatic heterocycles. The molecule has 3 rings (SSSR count). The molecule has 2 N–H and O–H groups in total. The van der Waals surface area contributed by atoms with Gasteiger partial charge in [0.05, 0.1) is 6.10 Å². The standard InChI is InChI=1S/C12H17N3O2S/c16-9-4-5-15(7-9)12(17)14-11-13-6-10(18-11)8-2-1-3-8/h6,8-9,16H,1-5,7H2,(H,13,14,17). The average molecular weight is 267 g/mol. The van der Waals surface area contributed by atoms with E-state index in [9.17, 15) is 9.90 Å². The number of rotatable bonds is 2. The van der Waals surface area contributed by atoms with E-state index in [0.717, 1.165) is 0 Å². The molecule has 0 radical (unpaired) electrons. The maximum atomic E-state index is 11.9. The van der Waals surface area contributed by atoms with Gasteiger partial charge < -0.3 is 10.0 Å². The molecule has 1 saturated heterocycles. The lowest BCUT2D eigenvalue weighted by Gasteiger charge is -2.23. The van der Waals surface area contributed by atoms with Gasteiger partial charge in [0.1, 0.15) is 0 Å². The molecule has 5 nitrogen and oxygen atoms in total. The Bertz CT molecular complexity index is 444. The number of β-amino-alcohol motifs (C(OH)–C–C–N with tert-alkyl or cyclic N) is 1. The number of thiazole rings is 1. The van der Waals surface area contributed by atoms with Crippen LogP contribution in [0.1, 0.15) is 36.5 Å². The van der Waals surface area contributed by atoms with Crippen LogP contribution in [0.2, 0.25) is 0 Å². The fourth-order valence-electron chi connectivity index (χ4n) is 2.32. The number of anilines is 1. The summed E-state index contributed by atoms with van der Waals surface area (Å²) in [5.41, 5.74) is 0. The molecule has 6 heteroatoms. The van der Waals surface area contributed by atoms with Gasteiger partial charge in [-0.25, -0.2) is 9.78 Å². The number of nitrogens with zero attached hydrogens (tertiary/aromatic N) is 2. The highest BCUT2D eigenvalue weighted by molar-refractivity contribution is 7.15. The topological polar surface area (TPSA) is 65.5 Å². The van der Waals surface area contributed by atoms with Gasteiger partial charge in [0.2, 0.25) is 0 Å². The number of urea groups is 1. The summed E-state index contributed by atoms with van der Waals surface area (Å²) in [5.74, 6) is 0.654. The number of carbonyl (C=O) groups excluding carboxylic acids is 1. The molecule has 0 spiro atoms. The summed E-state index contributed by atoms with van der Waals surface area (Å²) in [6.45, 7) is 1.04. The first kappa shape index (κ1) is 11.9. The van der Waals surface area contributed by atoms with Gasteiger partial charge in [-0.2, -0.15) is 0 Å². The lowest BCUT2D eigenvalue weighted by Crippen LogP contribution is -2.33. The van der Waals surface area contributed by atoms with Crippen molar-refractivity contribution in [3.05, 3.63) is 11.1 Å². The molecule has 2 amide bonds. The van der Waals surface area contributed by atoms with Gasteiger partial charge in [0.15, 0.2) is 5.13 Å². The minimum Gasteiger partial charge on any atom is -0.391 e. The second-order valence-corrected chi connectivity index (χ2v) is 6.08. The van der Waals surface area contributed by atoms with Gasteiger partial charge >= 0.3 is 6.03 Å². The SMILES string of the molecule is O=C(Nc1ncc(C2CCC2)s1)N1CCC(O)C1. The summed E-state index contributed by atoms with van der Waals surface area (Å²) >= 11 is 1.57. The van der Waals surface area contributed by atoms with Crippen molar-refractivity contribution in [2.75, 3.05) is 18.4 Å². The summed E-state index contributed by atoms with van der Waals surface area (Å²) < 4.78 is 0. The molecule has 1 atom stereocenters. The second kappa shape index (κ2) is 4.85. The summed E-state index contributed by atoms with van der Waals surface area (Å²) in [5, 5.41) is 12.9. The molecule has 1 aromatic heterocycles. The molecule has 0 bridgehead atoms. The Hall–Kier alpha value is -1.14. The minimum atomic E-state index is -0.377. The lowest BCUT2D eigenvalue weighted by molar-refractivity contribution is 0.176. The van der Waals surface area contributed by atoms with Crippen LogP contribution in [0.4, 0.5) is 9.93 Å². The monoisotopic (exact) mass is 267 g/mol. The fourth-order valence-corrected chi connectivity index (χ4v) is 3.30. The van der Waals surface area contributed by atoms with Crippen molar-refractivity contribution in [3.8, 4) is 0 Å². The Balaban J connectivity index is 1.58. The average Bonchev–Trinajstić information content (AvgIpc) is 2.85. The van der Waals surface area contributed by atoms with E-state index in [1.54, 1.807) is 16.2 Å². The highest BCUT2D eigenvalue weighted by Crippen LogP contribution is 2.39. The zero-order chi connectivity index (χ0) is 12.5. The van der Waals surface area contributed by atoms with E-state index in [1.807, 2.05) is 6.20 Å². The number of carbonyl (C=O) groups is 1. The van der Waals surface area contributed by atoms with Gasteiger partial charge in [0.25, 0.3) is 0 Å². The quantitative estimate of drug-likeness (QED) is 0.861. The number of likely N-dealkylation sites (tertiary alicyclic amines) is 1. The highest BCUT2D eigenvalue weighted by atomic mass is 32.1. The number of aliphatic hydroxyl groups is 1. The molecule has 18 heavy (non-hydrogen) atoms. The van der Waals surface area contributed by atoms with Crippen molar-refractivity contribution in [1.82, 2.24) is 9.88 Å². The van der Waals surface area contributed by atoms with E-state index in [4.69, 9.17) is 0 Å². The normalized spacial score (nSPS) is 24.1. The summed E-state index contributed by atoms with van der Waals surface area (Å²) in [4.78, 5) is 19.1. The van der Waals surface area contributed by atoms with Crippen LogP contribution in [0.5, 0.6) is 0 Å². The fraction of sp³-hybridized carbons (Fsp3) is 0.667. The molecule has 2 fully saturated rings. The molecular weight excluding hydrogens is 250 g/mol. The van der Waals surface area contributed by atoms with Gasteiger partial charge in [-0.1, -0.05) is 6.42 Å². The summed E-state index contributed by atoms with van der Waals surface area (Å²) in [6, 6.07) is -0.152. The van der Waals surface area contributed by atoms with Crippen LogP contribution in [0, 0.1) is 0 Å². The van der Waals surface area contributed by atoms with Crippen LogP contribution < -0.4 is 5.32 Å². The molecule has 98 valence electrons. The number of aliphatic hydroxyl groups excluding tert-OH is 1. The highest BCUT2D eigenvalue weighted by Gasteiger charge is 2.26. The second-order valence-electron chi connectivity index (χ2n) is 5.01. The number of aromatic nitrogens is 1. The minimum absolute atomic E-state index is 0.152. The van der Waals surface area contributed by atoms with Gasteiger partial charge in [-0.05, 0) is 25.2 Å². The first-order chi connectivity index (χ1) is 8.72. The van der Waals surface area contributed by atoms with Crippen molar-refractivity contribution in [2.45, 2.75) is 37.7 Å². The Labute approximate surface area is 110 Å². The smallest absolute Gasteiger partial charge is 0.323 e. The van der Waals surface area contributed by atoms with Crippen molar-refractivity contribution >= 4 is 22.5 Å². The van der Waals surface area contributed by atoms with Crippen LogP contribution >= 0.6 is 11.3 Å². The first-order valence-electron chi connectivity index (χ1n) is 6.42. The van der Waals surface area contributed by atoms with Crippen molar-refractivity contribution < 1.29 is 9.90 Å². The largest absolute Gasteiger partial charge is 0.391 e. The Morgan fingerprint density at radius 1 is 1.50 bits per heavy atom. The maximum Gasteiger partial charge on any atom is 0.323 e. The van der Waals surface area contributed by atoms with Crippen LogP contribution in [-0.2, 0) is 0 Å². The van der Waals surface area contributed by atoms with Crippen molar-refractivity contribution in [2.24, 2.45) is 0 Å². The van der Waals surface area contributed by atoms with E-state index >= 15 is 0 Å². The van der Waals surface area contributed by atoms with Crippen molar-refractivity contribution in [1.29, 1.82) is 0 Å². The molecular formula is C12H17N3O2S. The van der Waals surface area contributed by atoms with E-state index in [0.29, 0.717) is 30.6 Å². The third-order valence-electron chi connectivity index (χ3n) is 3.70. The predicted octanol–water partition coefficient (Wildman–Crippen LogP) is 2.01. The van der Waals surface area contributed by atoms with Gasteiger partial charge in [0, 0.05) is 24.2 Å². The molecule has 1 unspecified atom stereocenters. The zero-order valence-corrected chi connectivity index (χ0v) is 10.9. The van der Waals surface area contributed by atoms with Crippen molar-refractivity contribution in [3.63, 3.8) is 0 Å². The number of hydrogen-bond acceptors (Lipinski definition) is 4. The van der Waals surface area contributed by atoms with Gasteiger partial charge in [-0.15, -0.1) is 11.3 Å². The number of nitrogens with one attached hydrogen (secondary N) is 1. The van der Waals surface area contributed by atoms with E-state index < -0.39 is 0 Å². The van der Waals surface area contributed by atoms with Crippen LogP contribution in [-0.4, -0.2) is 40.2 Å². The van der Waals surface area contributed by atoms with Crippen LogP contribution in [0.25, 0.3) is 0 Å². The number of hydrogen-bond donors (Lipinski definition) is 2. The van der Waals surface area contributed by atoms with E-state index in [1.165, 1.54) is 24.1 Å². The molecule has 1 saturated carbocycles. The summed E-state index contributed by atoms with van der Waals surface area (Å²) in [7, 11) is 0. The third kappa shape index (κ3) is 2.35. The van der Waals surface area contributed by atoms with Crippen LogP contribution in [0.3, 0.4) is 0 Å². The van der Waals surface area contributed by atoms with E-state index in [2.05, 4.69) is 10.3 Å². The van der Waals surface area contributed by atoms with Crippen LogP contribution in [0.15, 0.2) is 6.20 Å². The Kier molecular flexibility index (Phi) is 3.22. The molecule has 0 aromatic carbocycles. The summed E-state index contributed by atoms with van der Waals surface area (Å²) in [6.07, 6.45) is 5.96. The molecule has 1 aliphatic carbocycles. The van der Waals surface area contributed by atoms with Gasteiger partial charge in [-0.3, -0.25) is 5.32 Å².